The van der Waals surface area contributed by atoms with Crippen LogP contribution in [-0.2, 0) is 9.53 Å². The highest BCUT2D eigenvalue weighted by Gasteiger charge is 2.33. The Morgan fingerprint density at radius 3 is 1.95 bits per heavy atom. The van der Waals surface area contributed by atoms with Crippen molar-refractivity contribution in [3.63, 3.8) is 0 Å². The van der Waals surface area contributed by atoms with Crippen molar-refractivity contribution in [3.05, 3.63) is 17.6 Å². The molecule has 1 aliphatic carbocycles. The number of hydrogen-bond donors (Lipinski definition) is 0. The fourth-order valence-corrected chi connectivity index (χ4v) is 1.23. The molecule has 3 nitrogen and oxygen atoms in total. The van der Waals surface area contributed by atoms with E-state index in [-0.39, 0.29) is 17.5 Å². The number of aromatic nitrogens is 1. The third-order valence-corrected chi connectivity index (χ3v) is 2.19. The van der Waals surface area contributed by atoms with Crippen LogP contribution in [0.3, 0.4) is 0 Å². The van der Waals surface area contributed by atoms with Crippen LogP contribution in [0, 0.1) is 5.92 Å². The van der Waals surface area contributed by atoms with Crippen molar-refractivity contribution in [2.75, 3.05) is 0 Å². The quantitative estimate of drug-likeness (QED) is 0.687. The largest absolute Gasteiger partial charge is 0.460 e. The Labute approximate surface area is 122 Å². The fraction of sp³-hybridized carbons (Fsp3) is 0.733. The first-order chi connectivity index (χ1) is 8.99. The van der Waals surface area contributed by atoms with Gasteiger partial charge in [0.05, 0.1) is 5.92 Å². The van der Waals surface area contributed by atoms with Crippen LogP contribution in [0.2, 0.25) is 0 Å². The van der Waals surface area contributed by atoms with E-state index in [2.05, 4.69) is 4.37 Å². The highest BCUT2D eigenvalue weighted by molar-refractivity contribution is 7.03. The van der Waals surface area contributed by atoms with E-state index in [0.717, 1.165) is 12.8 Å². The number of rotatable bonds is 1. The van der Waals surface area contributed by atoms with Gasteiger partial charge in [-0.25, -0.2) is 4.37 Å². The first-order valence-electron chi connectivity index (χ1n) is 7.06. The third kappa shape index (κ3) is 15.0. The number of carbonyl (C=O) groups is 1. The van der Waals surface area contributed by atoms with E-state index in [9.17, 15) is 4.79 Å². The van der Waals surface area contributed by atoms with E-state index < -0.39 is 0 Å². The second-order valence-electron chi connectivity index (χ2n) is 4.50. The van der Waals surface area contributed by atoms with Gasteiger partial charge < -0.3 is 4.74 Å². The van der Waals surface area contributed by atoms with Crippen molar-refractivity contribution in [2.45, 2.75) is 66.9 Å². The lowest BCUT2D eigenvalue weighted by Gasteiger charge is -2.19. The van der Waals surface area contributed by atoms with Gasteiger partial charge in [0.25, 0.3) is 0 Å². The molecule has 0 unspecified atom stereocenters. The van der Waals surface area contributed by atoms with Crippen molar-refractivity contribution in [1.29, 1.82) is 0 Å². The molecule has 1 aliphatic rings. The Bertz CT molecular complexity index is 270. The second-order valence-corrected chi connectivity index (χ2v) is 5.19. The summed E-state index contributed by atoms with van der Waals surface area (Å²) in [4.78, 5) is 11.0. The van der Waals surface area contributed by atoms with Crippen LogP contribution in [0.4, 0.5) is 0 Å². The minimum absolute atomic E-state index is 0.0208. The first-order valence-corrected chi connectivity index (χ1v) is 7.90. The molecule has 0 N–H and O–H groups in total. The zero-order chi connectivity index (χ0) is 15.3. The monoisotopic (exact) mass is 287 g/mol. The van der Waals surface area contributed by atoms with Gasteiger partial charge in [-0.3, -0.25) is 4.79 Å². The summed E-state index contributed by atoms with van der Waals surface area (Å²) < 4.78 is 8.89. The number of ether oxygens (including phenoxy) is 1. The van der Waals surface area contributed by atoms with Crippen LogP contribution in [0.1, 0.15) is 61.3 Å². The summed E-state index contributed by atoms with van der Waals surface area (Å²) in [5.41, 5.74) is -0.306. The van der Waals surface area contributed by atoms with Gasteiger partial charge >= 0.3 is 5.97 Å². The number of hydrogen-bond acceptors (Lipinski definition) is 4. The molecular formula is C15H29NO2S. The molecule has 4 heteroatoms. The maximum atomic E-state index is 11.0. The Balaban J connectivity index is 0. The SMILES string of the molecule is CC.CC.CC(C)(C)OC(=O)C1CC1.c1cnsc1. The Morgan fingerprint density at radius 2 is 1.74 bits per heavy atom. The maximum absolute atomic E-state index is 11.0. The van der Waals surface area contributed by atoms with Crippen LogP contribution in [0.5, 0.6) is 0 Å². The van der Waals surface area contributed by atoms with Gasteiger partial charge in [-0.15, -0.1) is 0 Å². The lowest BCUT2D eigenvalue weighted by molar-refractivity contribution is -0.156. The summed E-state index contributed by atoms with van der Waals surface area (Å²) >= 11 is 1.46. The normalized spacial score (nSPS) is 12.6. The average molecular weight is 287 g/mol. The lowest BCUT2D eigenvalue weighted by Crippen LogP contribution is -2.24. The van der Waals surface area contributed by atoms with Crippen molar-refractivity contribution >= 4 is 17.5 Å². The van der Waals surface area contributed by atoms with Gasteiger partial charge in [0.1, 0.15) is 5.60 Å². The van der Waals surface area contributed by atoms with Crippen molar-refractivity contribution < 1.29 is 9.53 Å². The van der Waals surface area contributed by atoms with Crippen molar-refractivity contribution in [2.24, 2.45) is 5.92 Å². The highest BCUT2D eigenvalue weighted by atomic mass is 32.1. The molecule has 19 heavy (non-hydrogen) atoms. The van der Waals surface area contributed by atoms with E-state index in [1.165, 1.54) is 11.5 Å². The van der Waals surface area contributed by atoms with E-state index >= 15 is 0 Å². The number of nitrogens with zero attached hydrogens (tertiary/aromatic N) is 1. The van der Waals surface area contributed by atoms with E-state index in [0.29, 0.717) is 0 Å². The Hall–Kier alpha value is -0.900. The molecule has 1 aromatic rings. The smallest absolute Gasteiger partial charge is 0.309 e. The molecular weight excluding hydrogens is 258 g/mol. The van der Waals surface area contributed by atoms with Crippen LogP contribution >= 0.6 is 11.5 Å². The van der Waals surface area contributed by atoms with Crippen LogP contribution < -0.4 is 0 Å². The molecule has 1 aromatic heterocycles. The summed E-state index contributed by atoms with van der Waals surface area (Å²) in [6.07, 6.45) is 3.81. The highest BCUT2D eigenvalue weighted by Crippen LogP contribution is 2.31. The Morgan fingerprint density at radius 1 is 1.21 bits per heavy atom. The Kier molecular flexibility index (Phi) is 13.1. The van der Waals surface area contributed by atoms with Crippen molar-refractivity contribution in [1.82, 2.24) is 4.37 Å². The van der Waals surface area contributed by atoms with E-state index in [4.69, 9.17) is 4.74 Å². The molecule has 0 bridgehead atoms. The molecule has 0 atom stereocenters. The van der Waals surface area contributed by atoms with Gasteiger partial charge in [0, 0.05) is 11.6 Å². The molecule has 1 saturated carbocycles. The molecule has 112 valence electrons. The van der Waals surface area contributed by atoms with Gasteiger partial charge in [0.15, 0.2) is 0 Å². The zero-order valence-corrected chi connectivity index (χ0v) is 14.2. The summed E-state index contributed by atoms with van der Waals surface area (Å²) in [6, 6.07) is 1.91. The average Bonchev–Trinajstić information content (AvgIpc) is 3.06. The molecule has 0 aromatic carbocycles. The number of esters is 1. The van der Waals surface area contributed by atoms with Crippen LogP contribution in [0.25, 0.3) is 0 Å². The third-order valence-electron chi connectivity index (χ3n) is 1.66. The van der Waals surface area contributed by atoms with E-state index in [1.54, 1.807) is 6.20 Å². The summed E-state index contributed by atoms with van der Waals surface area (Å²) in [5.74, 6) is 0.201. The molecule has 0 saturated heterocycles. The van der Waals surface area contributed by atoms with Crippen LogP contribution in [-0.4, -0.2) is 15.9 Å². The van der Waals surface area contributed by atoms with Gasteiger partial charge in [0.2, 0.25) is 0 Å². The van der Waals surface area contributed by atoms with E-state index in [1.807, 2.05) is 59.9 Å². The zero-order valence-electron chi connectivity index (χ0n) is 13.4. The fourth-order valence-electron chi connectivity index (χ4n) is 0.880. The predicted octanol–water partition coefficient (Wildman–Crippen LogP) is 4.93. The second kappa shape index (κ2) is 12.2. The molecule has 1 fully saturated rings. The summed E-state index contributed by atoms with van der Waals surface area (Å²) in [7, 11) is 0. The molecule has 1 heterocycles. The topological polar surface area (TPSA) is 39.2 Å². The molecule has 2 rings (SSSR count). The maximum Gasteiger partial charge on any atom is 0.309 e. The van der Waals surface area contributed by atoms with Gasteiger partial charge in [-0.05, 0) is 51.2 Å². The standard InChI is InChI=1S/C8H14O2.C3H3NS.2C2H6/c1-8(2,3)10-7(9)6-4-5-6;1-2-4-5-3-1;2*1-2/h6H,4-5H2,1-3H3;1-3H;2*1-2H3. The first kappa shape index (κ1) is 20.4. The minimum Gasteiger partial charge on any atom is -0.460 e. The minimum atomic E-state index is -0.306. The van der Waals surface area contributed by atoms with Gasteiger partial charge in [-0.2, -0.15) is 0 Å². The van der Waals surface area contributed by atoms with Crippen LogP contribution in [0.15, 0.2) is 17.6 Å². The summed E-state index contributed by atoms with van der Waals surface area (Å²) in [6.45, 7) is 13.7. The van der Waals surface area contributed by atoms with Gasteiger partial charge in [-0.1, -0.05) is 27.7 Å². The molecule has 0 spiro atoms. The molecule has 0 amide bonds. The summed E-state index contributed by atoms with van der Waals surface area (Å²) in [5, 5.41) is 1.93. The lowest BCUT2D eigenvalue weighted by atomic mass is 10.2. The number of carbonyl (C=O) groups excluding carboxylic acids is 1. The molecule has 0 radical (unpaired) electrons. The van der Waals surface area contributed by atoms with Crippen molar-refractivity contribution in [3.8, 4) is 0 Å². The molecule has 0 aliphatic heterocycles. The predicted molar refractivity (Wildman–Crippen MR) is 83.4 cm³/mol.